The molecule has 0 heterocycles. The topological polar surface area (TPSA) is 34.1 Å². The number of rotatable bonds is 0. The van der Waals surface area contributed by atoms with Gasteiger partial charge in [-0.05, 0) is 0 Å². The summed E-state index contributed by atoms with van der Waals surface area (Å²) in [5.41, 5.74) is 0. The molecule has 9 heavy (non-hydrogen) atoms. The van der Waals surface area contributed by atoms with Gasteiger partial charge in [-0.3, -0.25) is 12.9 Å². The van der Waals surface area contributed by atoms with E-state index in [0.717, 1.165) is 12.5 Å². The quantitative estimate of drug-likeness (QED) is 0.487. The van der Waals surface area contributed by atoms with Gasteiger partial charge < -0.3 is 0 Å². The van der Waals surface area contributed by atoms with Crippen LogP contribution < -0.4 is 0 Å². The molecule has 2 nitrogen and oxygen atoms in total. The average Bonchev–Trinajstić information content (AvgIpc) is 1.19. The molecule has 0 N–H and O–H groups in total. The summed E-state index contributed by atoms with van der Waals surface area (Å²) < 4.78 is 48.3. The monoisotopic (exact) mass is 162 g/mol. The Hall–Kier alpha value is -0.195. The third-order valence-corrected chi connectivity index (χ3v) is 0. The standard InChI is InChI=1S/C2H6O2S.BF3/c1-5(2,3)4;2-1(3)4/h1-2H3;. The molecular weight excluding hydrogens is 156 g/mol. The highest BCUT2D eigenvalue weighted by molar-refractivity contribution is 7.89. The summed E-state index contributed by atoms with van der Waals surface area (Å²) >= 11 is 0. The fraction of sp³-hybridized carbons (Fsp3) is 1.00. The molecule has 0 saturated heterocycles. The van der Waals surface area contributed by atoms with Gasteiger partial charge in [0.05, 0.1) is 0 Å². The van der Waals surface area contributed by atoms with Crippen LogP contribution in [-0.2, 0) is 9.84 Å². The number of hydrogen-bond donors (Lipinski definition) is 0. The molecule has 0 radical (unpaired) electrons. The highest BCUT2D eigenvalue weighted by Crippen LogP contribution is 1.80. The van der Waals surface area contributed by atoms with Crippen molar-refractivity contribution in [3.05, 3.63) is 0 Å². The van der Waals surface area contributed by atoms with Crippen molar-refractivity contribution >= 4 is 17.4 Å². The van der Waals surface area contributed by atoms with Crippen molar-refractivity contribution in [3.63, 3.8) is 0 Å². The largest absolute Gasteiger partial charge is 0.762 e. The first-order valence-electron chi connectivity index (χ1n) is 1.80. The molecule has 0 spiro atoms. The lowest BCUT2D eigenvalue weighted by molar-refractivity contribution is 0.535. The molecule has 7 heteroatoms. The fourth-order valence-electron chi connectivity index (χ4n) is 0. The summed E-state index contributed by atoms with van der Waals surface area (Å²) in [4.78, 5) is 0. The molecule has 0 rings (SSSR count). The Morgan fingerprint density at radius 3 is 1.11 bits per heavy atom. The summed E-state index contributed by atoms with van der Waals surface area (Å²) in [5.74, 6) is 0. The van der Waals surface area contributed by atoms with E-state index in [4.69, 9.17) is 0 Å². The first-order chi connectivity index (χ1) is 3.73. The minimum atomic E-state index is -3.67. The second-order valence-corrected chi connectivity index (χ2v) is 3.68. The highest BCUT2D eigenvalue weighted by atomic mass is 32.2. The van der Waals surface area contributed by atoms with Gasteiger partial charge in [-0.1, -0.05) is 0 Å². The van der Waals surface area contributed by atoms with Crippen molar-refractivity contribution in [1.82, 2.24) is 0 Å². The Morgan fingerprint density at radius 1 is 1.11 bits per heavy atom. The number of sulfone groups is 1. The molecule has 0 atom stereocenters. The predicted octanol–water partition coefficient (Wildman–Crippen LogP) is 0.541. The van der Waals surface area contributed by atoms with Gasteiger partial charge in [0.2, 0.25) is 0 Å². The SMILES string of the molecule is CS(C)(=O)=O.FB(F)F. The van der Waals surface area contributed by atoms with Gasteiger partial charge in [-0.25, -0.2) is 8.42 Å². The normalized spacial score (nSPS) is 9.44. The minimum absolute atomic E-state index is 1.16. The molecule has 0 saturated carbocycles. The fourth-order valence-corrected chi connectivity index (χ4v) is 0. The molecule has 0 unspecified atom stereocenters. The maximum Gasteiger partial charge on any atom is 0.762 e. The number of halogens is 3. The smallest absolute Gasteiger partial charge is 0.254 e. The Morgan fingerprint density at radius 2 is 1.11 bits per heavy atom. The van der Waals surface area contributed by atoms with Gasteiger partial charge in [0.1, 0.15) is 9.84 Å². The van der Waals surface area contributed by atoms with Crippen LogP contribution in [0.1, 0.15) is 0 Å². The second-order valence-electron chi connectivity index (χ2n) is 1.39. The molecule has 0 aromatic rings. The first-order valence-corrected chi connectivity index (χ1v) is 4.10. The molecular formula is C2H6BF3O2S. The Balaban J connectivity index is 0. The molecule has 0 fully saturated rings. The highest BCUT2D eigenvalue weighted by Gasteiger charge is 2.06. The molecule has 0 aromatic carbocycles. The second kappa shape index (κ2) is 4.66. The van der Waals surface area contributed by atoms with Crippen molar-refractivity contribution < 1.29 is 21.4 Å². The first kappa shape index (κ1) is 11.6. The van der Waals surface area contributed by atoms with Crippen LogP contribution in [0.4, 0.5) is 12.9 Å². The summed E-state index contributed by atoms with van der Waals surface area (Å²) in [6, 6.07) is 0. The van der Waals surface area contributed by atoms with Crippen molar-refractivity contribution in [1.29, 1.82) is 0 Å². The van der Waals surface area contributed by atoms with Gasteiger partial charge >= 0.3 is 7.54 Å². The van der Waals surface area contributed by atoms with Crippen LogP contribution in [0.2, 0.25) is 0 Å². The zero-order chi connectivity index (χ0) is 8.08. The zero-order valence-electron chi connectivity index (χ0n) is 4.94. The minimum Gasteiger partial charge on any atom is -0.254 e. The van der Waals surface area contributed by atoms with Crippen molar-refractivity contribution in [2.24, 2.45) is 0 Å². The molecule has 56 valence electrons. The maximum atomic E-state index is 9.67. The summed E-state index contributed by atoms with van der Waals surface area (Å²) in [6.07, 6.45) is 2.32. The van der Waals surface area contributed by atoms with Crippen LogP contribution >= 0.6 is 0 Å². The van der Waals surface area contributed by atoms with Crippen LogP contribution in [0.15, 0.2) is 0 Å². The van der Waals surface area contributed by atoms with Crippen LogP contribution in [0.3, 0.4) is 0 Å². The van der Waals surface area contributed by atoms with E-state index in [2.05, 4.69) is 0 Å². The lowest BCUT2D eigenvalue weighted by Crippen LogP contribution is -1.86. The Kier molecular flexibility index (Phi) is 6.00. The third kappa shape index (κ3) is 6910. The van der Waals surface area contributed by atoms with Crippen LogP contribution in [0.5, 0.6) is 0 Å². The van der Waals surface area contributed by atoms with Gasteiger partial charge in [0, 0.05) is 12.5 Å². The van der Waals surface area contributed by atoms with E-state index in [9.17, 15) is 21.4 Å². The van der Waals surface area contributed by atoms with E-state index in [1.807, 2.05) is 0 Å². The third-order valence-electron chi connectivity index (χ3n) is 0. The van der Waals surface area contributed by atoms with Gasteiger partial charge in [0.15, 0.2) is 0 Å². The van der Waals surface area contributed by atoms with Crippen molar-refractivity contribution in [3.8, 4) is 0 Å². The maximum absolute atomic E-state index is 9.67. The van der Waals surface area contributed by atoms with Gasteiger partial charge in [-0.2, -0.15) is 0 Å². The Bertz CT molecular complexity index is 131. The van der Waals surface area contributed by atoms with Crippen molar-refractivity contribution in [2.75, 3.05) is 12.5 Å². The van der Waals surface area contributed by atoms with Crippen LogP contribution in [0, 0.1) is 0 Å². The van der Waals surface area contributed by atoms with Crippen LogP contribution in [-0.4, -0.2) is 28.5 Å². The zero-order valence-corrected chi connectivity index (χ0v) is 5.75. The molecule has 0 bridgehead atoms. The van der Waals surface area contributed by atoms with E-state index in [0.29, 0.717) is 0 Å². The molecule has 0 aromatic heterocycles. The van der Waals surface area contributed by atoms with E-state index in [-0.39, 0.29) is 0 Å². The molecule has 0 aliphatic carbocycles. The van der Waals surface area contributed by atoms with E-state index < -0.39 is 17.4 Å². The van der Waals surface area contributed by atoms with Crippen LogP contribution in [0.25, 0.3) is 0 Å². The lowest BCUT2D eigenvalue weighted by atomic mass is 10.5. The summed E-state index contributed by atoms with van der Waals surface area (Å²) in [5, 5.41) is 0. The lowest BCUT2D eigenvalue weighted by Gasteiger charge is -1.69. The average molecular weight is 162 g/mol. The van der Waals surface area contributed by atoms with Crippen molar-refractivity contribution in [2.45, 2.75) is 0 Å². The predicted molar refractivity (Wildman–Crippen MR) is 29.8 cm³/mol. The van der Waals surface area contributed by atoms with E-state index in [1.165, 1.54) is 0 Å². The molecule has 0 aliphatic rings. The van der Waals surface area contributed by atoms with E-state index in [1.54, 1.807) is 0 Å². The summed E-state index contributed by atoms with van der Waals surface area (Å²) in [7, 11) is -6.33. The summed E-state index contributed by atoms with van der Waals surface area (Å²) in [6.45, 7) is 0. The van der Waals surface area contributed by atoms with Gasteiger partial charge in [-0.15, -0.1) is 0 Å². The Labute approximate surface area is 52.2 Å². The van der Waals surface area contributed by atoms with E-state index >= 15 is 0 Å². The number of hydrogen-bond acceptors (Lipinski definition) is 2. The molecule has 0 amide bonds. The van der Waals surface area contributed by atoms with Gasteiger partial charge in [0.25, 0.3) is 0 Å². The molecule has 0 aliphatic heterocycles.